The predicted octanol–water partition coefficient (Wildman–Crippen LogP) is 6.04. The lowest BCUT2D eigenvalue weighted by molar-refractivity contribution is -0.0807. The Morgan fingerprint density at radius 3 is 2.12 bits per heavy atom. The molecule has 0 saturated carbocycles. The van der Waals surface area contributed by atoms with Crippen LogP contribution in [0.4, 0.5) is 9.18 Å². The number of hydrogen-bond donors (Lipinski definition) is 1. The molecule has 0 bridgehead atoms. The highest BCUT2D eigenvalue weighted by molar-refractivity contribution is 9.11. The highest BCUT2D eigenvalue weighted by atomic mass is 79.9. The first-order chi connectivity index (χ1) is 11.3. The van der Waals surface area contributed by atoms with Gasteiger partial charge in [-0.15, -0.1) is 0 Å². The van der Waals surface area contributed by atoms with Crippen LogP contribution in [0, 0.1) is 0 Å². The van der Waals surface area contributed by atoms with Gasteiger partial charge in [0.1, 0.15) is 11.3 Å². The molecular weight excluding hydrogens is 389 g/mol. The van der Waals surface area contributed by atoms with Crippen LogP contribution in [0.1, 0.15) is 54.9 Å². The van der Waals surface area contributed by atoms with E-state index >= 15 is 0 Å². The van der Waals surface area contributed by atoms with Crippen LogP contribution < -0.4 is 5.32 Å². The maximum atomic E-state index is 12.5. The van der Waals surface area contributed by atoms with Gasteiger partial charge in [-0.25, -0.2) is 4.79 Å². The highest BCUT2D eigenvalue weighted by Gasteiger charge is 2.28. The first-order valence-electron chi connectivity index (χ1n) is 8.12. The first kappa shape index (κ1) is 26.1. The third kappa shape index (κ3) is 16.1. The molecule has 0 aromatic rings. The summed E-state index contributed by atoms with van der Waals surface area (Å²) in [6.07, 6.45) is 2.54. The van der Waals surface area contributed by atoms with Gasteiger partial charge in [0, 0.05) is 6.42 Å². The number of allylic oxidation sites excluding steroid dienone is 2. The van der Waals surface area contributed by atoms with Crippen molar-refractivity contribution in [2.75, 3.05) is 6.67 Å². The summed E-state index contributed by atoms with van der Waals surface area (Å²) < 4.78 is 24.6. The molecule has 1 unspecified atom stereocenters. The molecule has 0 aromatic carbocycles. The fourth-order valence-corrected chi connectivity index (χ4v) is 1.49. The molecule has 0 fully saturated rings. The summed E-state index contributed by atoms with van der Waals surface area (Å²) in [5, 5.41) is 2.60. The molecule has 0 heterocycles. The first-order valence-corrected chi connectivity index (χ1v) is 8.91. The van der Waals surface area contributed by atoms with Crippen LogP contribution in [-0.4, -0.2) is 30.2 Å². The van der Waals surface area contributed by atoms with Crippen molar-refractivity contribution < 1.29 is 18.7 Å². The molecule has 25 heavy (non-hydrogen) atoms. The summed E-state index contributed by atoms with van der Waals surface area (Å²) in [7, 11) is 0. The lowest BCUT2D eigenvalue weighted by atomic mass is 10.1. The maximum Gasteiger partial charge on any atom is 0.409 e. The van der Waals surface area contributed by atoms with Gasteiger partial charge in [0.25, 0.3) is 0 Å². The lowest BCUT2D eigenvalue weighted by Gasteiger charge is -2.32. The topological polar surface area (TPSA) is 47.6 Å². The Balaban J connectivity index is 0. The quantitative estimate of drug-likeness (QED) is 0.402. The molecule has 0 saturated heterocycles. The second kappa shape index (κ2) is 12.3. The van der Waals surface area contributed by atoms with E-state index in [-0.39, 0.29) is 6.42 Å². The summed E-state index contributed by atoms with van der Waals surface area (Å²) >= 11 is 3.23. The number of carbonyl (C=O) groups is 1. The molecule has 0 spiro atoms. The van der Waals surface area contributed by atoms with Crippen LogP contribution in [0.25, 0.3) is 0 Å². The minimum atomic E-state index is -1.01. The van der Waals surface area contributed by atoms with Crippen molar-refractivity contribution in [3.63, 3.8) is 0 Å². The maximum absolute atomic E-state index is 12.5. The van der Waals surface area contributed by atoms with Gasteiger partial charge in [-0.3, -0.25) is 9.71 Å². The molecule has 0 radical (unpaired) electrons. The Kier molecular flexibility index (Phi) is 12.8. The minimum Gasteiger partial charge on any atom is -0.444 e. The molecule has 0 aliphatic carbocycles. The zero-order chi connectivity index (χ0) is 20.3. The number of alkyl halides is 1. The summed E-state index contributed by atoms with van der Waals surface area (Å²) in [6.45, 7) is 19.4. The molecule has 6 heteroatoms. The third-order valence-electron chi connectivity index (χ3n) is 2.68. The van der Waals surface area contributed by atoms with Crippen LogP contribution in [0.2, 0.25) is 0 Å². The van der Waals surface area contributed by atoms with E-state index in [1.165, 1.54) is 10.6 Å². The van der Waals surface area contributed by atoms with E-state index in [4.69, 9.17) is 9.47 Å². The van der Waals surface area contributed by atoms with Crippen molar-refractivity contribution in [2.24, 2.45) is 0 Å². The average molecular weight is 422 g/mol. The molecule has 0 aromatic heterocycles. The molecular formula is C19H33BrFNO3. The third-order valence-corrected chi connectivity index (χ3v) is 3.14. The van der Waals surface area contributed by atoms with E-state index in [0.29, 0.717) is 5.57 Å². The van der Waals surface area contributed by atoms with E-state index in [9.17, 15) is 9.18 Å². The van der Waals surface area contributed by atoms with E-state index in [1.54, 1.807) is 34.6 Å². The van der Waals surface area contributed by atoms with Crippen LogP contribution in [0.3, 0.4) is 0 Å². The smallest absolute Gasteiger partial charge is 0.409 e. The number of rotatable bonds is 7. The summed E-state index contributed by atoms with van der Waals surface area (Å²) in [6, 6.07) is 0. The molecule has 4 nitrogen and oxygen atoms in total. The number of nitrogens with one attached hydrogen (secondary N) is 1. The van der Waals surface area contributed by atoms with Gasteiger partial charge in [-0.05, 0) is 58.5 Å². The zero-order valence-electron chi connectivity index (χ0n) is 16.5. The summed E-state index contributed by atoms with van der Waals surface area (Å²) in [5.74, 6) is 0. The largest absolute Gasteiger partial charge is 0.444 e. The standard InChI is InChI=1S/C15H26FNO3.C4H7Br/c1-8-11(2)12(9-10-16)19-15(6,7)17-13(18)20-14(3,4)5;1-3-4(2)5/h8,12H,1-2,9-10H2,3-7H3,(H,17,18);3H,1-2H3/b;4-3+. The fraction of sp³-hybridized carbons (Fsp3) is 0.632. The van der Waals surface area contributed by atoms with Crippen LogP contribution in [-0.2, 0) is 9.47 Å². The average Bonchev–Trinajstić information content (AvgIpc) is 2.43. The van der Waals surface area contributed by atoms with Crippen LogP contribution >= 0.6 is 15.9 Å². The number of amides is 1. The molecule has 0 rings (SSSR count). The van der Waals surface area contributed by atoms with Gasteiger partial charge in [0.15, 0.2) is 0 Å². The number of alkyl carbamates (subject to hydrolysis) is 1. The molecule has 0 aliphatic rings. The van der Waals surface area contributed by atoms with Crippen molar-refractivity contribution in [2.45, 2.75) is 72.3 Å². The van der Waals surface area contributed by atoms with Gasteiger partial charge < -0.3 is 9.47 Å². The molecule has 1 atom stereocenters. The van der Waals surface area contributed by atoms with E-state index in [1.807, 2.05) is 19.9 Å². The normalized spacial score (nSPS) is 13.2. The minimum absolute atomic E-state index is 0.157. The second-order valence-electron chi connectivity index (χ2n) is 6.88. The van der Waals surface area contributed by atoms with E-state index < -0.39 is 30.2 Å². The Hall–Kier alpha value is -1.14. The van der Waals surface area contributed by atoms with Crippen molar-refractivity contribution in [3.05, 3.63) is 35.4 Å². The Morgan fingerprint density at radius 1 is 1.32 bits per heavy atom. The molecule has 1 amide bonds. The Morgan fingerprint density at radius 2 is 1.80 bits per heavy atom. The van der Waals surface area contributed by atoms with Crippen molar-refractivity contribution in [3.8, 4) is 0 Å². The van der Waals surface area contributed by atoms with E-state index in [0.717, 1.165) is 0 Å². The van der Waals surface area contributed by atoms with Gasteiger partial charge in [-0.2, -0.15) is 0 Å². The number of hydrogen-bond acceptors (Lipinski definition) is 3. The van der Waals surface area contributed by atoms with Crippen LogP contribution in [0.5, 0.6) is 0 Å². The van der Waals surface area contributed by atoms with Gasteiger partial charge >= 0.3 is 6.09 Å². The predicted molar refractivity (Wildman–Crippen MR) is 107 cm³/mol. The number of carbonyl (C=O) groups excluding carboxylic acids is 1. The lowest BCUT2D eigenvalue weighted by Crippen LogP contribution is -2.49. The zero-order valence-corrected chi connectivity index (χ0v) is 18.1. The van der Waals surface area contributed by atoms with E-state index in [2.05, 4.69) is 34.4 Å². The van der Waals surface area contributed by atoms with Gasteiger partial charge in [-0.1, -0.05) is 41.2 Å². The highest BCUT2D eigenvalue weighted by Crippen LogP contribution is 2.18. The summed E-state index contributed by atoms with van der Waals surface area (Å²) in [5.41, 5.74) is -1.03. The Labute approximate surface area is 160 Å². The molecule has 1 N–H and O–H groups in total. The molecule has 0 aliphatic heterocycles. The van der Waals surface area contributed by atoms with Gasteiger partial charge in [0.05, 0.1) is 12.8 Å². The van der Waals surface area contributed by atoms with Crippen molar-refractivity contribution in [1.29, 1.82) is 0 Å². The monoisotopic (exact) mass is 421 g/mol. The number of ether oxygens (including phenoxy) is 2. The fourth-order valence-electron chi connectivity index (χ4n) is 1.49. The Bertz CT molecular complexity index is 464. The number of halogens is 2. The summed E-state index contributed by atoms with van der Waals surface area (Å²) in [4.78, 5) is 11.7. The SMILES string of the molecule is C/C=C(\C)Br.C=CC(=C)C(CCF)OC(C)(C)NC(=O)OC(C)(C)C. The molecule has 146 valence electrons. The van der Waals surface area contributed by atoms with Crippen molar-refractivity contribution in [1.82, 2.24) is 5.32 Å². The van der Waals surface area contributed by atoms with Crippen molar-refractivity contribution >= 4 is 22.0 Å². The van der Waals surface area contributed by atoms with Gasteiger partial charge in [0.2, 0.25) is 0 Å². The second-order valence-corrected chi connectivity index (χ2v) is 8.13. The van der Waals surface area contributed by atoms with Crippen LogP contribution in [0.15, 0.2) is 35.4 Å².